The van der Waals surface area contributed by atoms with E-state index in [9.17, 15) is 5.11 Å². The van der Waals surface area contributed by atoms with E-state index in [1.807, 2.05) is 6.07 Å². The first-order valence-electron chi connectivity index (χ1n) is 7.09. The fraction of sp³-hybridized carbons (Fsp3) is 0.500. The molecule has 100 valence electrons. The molecule has 0 radical (unpaired) electrons. The van der Waals surface area contributed by atoms with Crippen LogP contribution >= 0.6 is 0 Å². The summed E-state index contributed by atoms with van der Waals surface area (Å²) < 4.78 is 0. The fourth-order valence-electron chi connectivity index (χ4n) is 2.79. The Hall–Kier alpha value is -0.863. The van der Waals surface area contributed by atoms with Crippen molar-refractivity contribution in [3.8, 4) is 0 Å². The van der Waals surface area contributed by atoms with E-state index in [1.54, 1.807) is 0 Å². The summed E-state index contributed by atoms with van der Waals surface area (Å²) in [6.07, 6.45) is 3.18. The van der Waals surface area contributed by atoms with Gasteiger partial charge in [0.25, 0.3) is 0 Å². The van der Waals surface area contributed by atoms with Gasteiger partial charge in [-0.05, 0) is 12.0 Å². The minimum absolute atomic E-state index is 0.271. The van der Waals surface area contributed by atoms with Crippen molar-refractivity contribution in [1.29, 1.82) is 0 Å². The molecule has 0 atom stereocenters. The van der Waals surface area contributed by atoms with E-state index in [1.165, 1.54) is 28.9 Å². The maximum Gasteiger partial charge on any atom is 0.0808 e. The van der Waals surface area contributed by atoms with E-state index >= 15 is 0 Å². The fourth-order valence-corrected chi connectivity index (χ4v) is 6.77. The van der Waals surface area contributed by atoms with Gasteiger partial charge < -0.3 is 5.11 Å². The van der Waals surface area contributed by atoms with Crippen molar-refractivity contribution in [2.75, 3.05) is 6.61 Å². The van der Waals surface area contributed by atoms with Crippen molar-refractivity contribution in [1.82, 2.24) is 0 Å². The van der Waals surface area contributed by atoms with E-state index < -0.39 is 8.07 Å². The lowest BCUT2D eigenvalue weighted by atomic mass is 10.2. The van der Waals surface area contributed by atoms with Gasteiger partial charge in [-0.25, -0.2) is 0 Å². The van der Waals surface area contributed by atoms with Crippen LogP contribution in [0.25, 0.3) is 6.08 Å². The van der Waals surface area contributed by atoms with E-state index in [0.717, 1.165) is 6.42 Å². The molecule has 1 N–H and O–H groups in total. The van der Waals surface area contributed by atoms with Crippen LogP contribution in [0.15, 0.2) is 35.5 Å². The Morgan fingerprint density at radius 1 is 1.06 bits per heavy atom. The molecule has 18 heavy (non-hydrogen) atoms. The molecule has 1 aromatic carbocycles. The number of aliphatic hydroxyl groups is 1. The smallest absolute Gasteiger partial charge is 0.0808 e. The van der Waals surface area contributed by atoms with Crippen molar-refractivity contribution in [3.63, 3.8) is 0 Å². The second-order valence-corrected chi connectivity index (χ2v) is 10.2. The normalized spacial score (nSPS) is 12.8. The molecule has 0 aliphatic rings. The first kappa shape index (κ1) is 15.2. The number of aliphatic hydroxyl groups excluding tert-OH is 1. The average molecular weight is 262 g/mol. The molecule has 0 saturated heterocycles. The van der Waals surface area contributed by atoms with Gasteiger partial charge in [-0.3, -0.25) is 0 Å². The Kier molecular flexibility index (Phi) is 6.37. The molecule has 0 heterocycles. The molecule has 0 saturated carbocycles. The van der Waals surface area contributed by atoms with Gasteiger partial charge in [-0.1, -0.05) is 80.5 Å². The van der Waals surface area contributed by atoms with Crippen molar-refractivity contribution in [2.45, 2.75) is 45.3 Å². The summed E-state index contributed by atoms with van der Waals surface area (Å²) in [4.78, 5) is 0. The van der Waals surface area contributed by atoms with Crippen LogP contribution < -0.4 is 0 Å². The Labute approximate surface area is 113 Å². The largest absolute Gasteiger partial charge is 0.396 e. The molecule has 0 spiro atoms. The summed E-state index contributed by atoms with van der Waals surface area (Å²) in [6, 6.07) is 14.3. The molecule has 0 bridgehead atoms. The predicted molar refractivity (Wildman–Crippen MR) is 83.3 cm³/mol. The van der Waals surface area contributed by atoms with Gasteiger partial charge in [0, 0.05) is 6.61 Å². The second kappa shape index (κ2) is 7.55. The van der Waals surface area contributed by atoms with Crippen LogP contribution in [0.2, 0.25) is 18.1 Å². The van der Waals surface area contributed by atoms with Gasteiger partial charge in [-0.2, -0.15) is 0 Å². The van der Waals surface area contributed by atoms with Crippen LogP contribution in [-0.4, -0.2) is 19.8 Å². The lowest BCUT2D eigenvalue weighted by Gasteiger charge is -2.31. The molecule has 0 amide bonds. The van der Waals surface area contributed by atoms with Crippen molar-refractivity contribution < 1.29 is 5.11 Å². The van der Waals surface area contributed by atoms with E-state index in [0.29, 0.717) is 0 Å². The molecule has 0 aliphatic carbocycles. The zero-order valence-electron chi connectivity index (χ0n) is 11.9. The topological polar surface area (TPSA) is 20.2 Å². The Morgan fingerprint density at radius 3 is 2.06 bits per heavy atom. The lowest BCUT2D eigenvalue weighted by molar-refractivity contribution is 0.301. The van der Waals surface area contributed by atoms with Crippen molar-refractivity contribution in [2.24, 2.45) is 0 Å². The van der Waals surface area contributed by atoms with Crippen LogP contribution in [0.5, 0.6) is 0 Å². The molecule has 0 aliphatic heterocycles. The van der Waals surface area contributed by atoms with Gasteiger partial charge >= 0.3 is 0 Å². The third kappa shape index (κ3) is 3.56. The van der Waals surface area contributed by atoms with Crippen LogP contribution in [0.3, 0.4) is 0 Å². The van der Waals surface area contributed by atoms with Gasteiger partial charge in [0.15, 0.2) is 0 Å². The lowest BCUT2D eigenvalue weighted by Crippen LogP contribution is -2.35. The zero-order chi connectivity index (χ0) is 13.4. The van der Waals surface area contributed by atoms with Crippen LogP contribution in [0.1, 0.15) is 32.8 Å². The molecular formula is C16H26OSi. The highest BCUT2D eigenvalue weighted by Crippen LogP contribution is 2.31. The Balaban J connectivity index is 3.12. The quantitative estimate of drug-likeness (QED) is 0.717. The maximum absolute atomic E-state index is 9.35. The SMILES string of the molecule is CC[Si](CC)(CC)/C(=C/c1ccccc1)CCO. The number of hydrogen-bond acceptors (Lipinski definition) is 1. The van der Waals surface area contributed by atoms with Crippen LogP contribution in [0, 0.1) is 0 Å². The highest BCUT2D eigenvalue weighted by Gasteiger charge is 2.30. The monoisotopic (exact) mass is 262 g/mol. The molecule has 0 aromatic heterocycles. The Morgan fingerprint density at radius 2 is 1.61 bits per heavy atom. The molecule has 1 rings (SSSR count). The molecule has 0 fully saturated rings. The maximum atomic E-state index is 9.35. The molecule has 2 heteroatoms. The summed E-state index contributed by atoms with van der Waals surface area (Å²) in [5.41, 5.74) is 1.27. The summed E-state index contributed by atoms with van der Waals surface area (Å²) >= 11 is 0. The third-order valence-corrected chi connectivity index (χ3v) is 10.1. The first-order valence-corrected chi connectivity index (χ1v) is 9.71. The zero-order valence-corrected chi connectivity index (χ0v) is 12.9. The minimum Gasteiger partial charge on any atom is -0.396 e. The van der Waals surface area contributed by atoms with E-state index in [-0.39, 0.29) is 6.61 Å². The molecule has 1 aromatic rings. The first-order chi connectivity index (χ1) is 8.72. The van der Waals surface area contributed by atoms with Crippen LogP contribution in [0.4, 0.5) is 0 Å². The summed E-state index contributed by atoms with van der Waals surface area (Å²) in [7, 11) is -1.35. The number of rotatable bonds is 7. The van der Waals surface area contributed by atoms with E-state index in [2.05, 4.69) is 51.1 Å². The van der Waals surface area contributed by atoms with E-state index in [4.69, 9.17) is 0 Å². The van der Waals surface area contributed by atoms with Gasteiger partial charge in [0.1, 0.15) is 0 Å². The highest BCUT2D eigenvalue weighted by molar-refractivity contribution is 6.86. The second-order valence-electron chi connectivity index (χ2n) is 4.89. The minimum atomic E-state index is -1.35. The number of benzene rings is 1. The predicted octanol–water partition coefficient (Wildman–Crippen LogP) is 4.50. The van der Waals surface area contributed by atoms with Crippen molar-refractivity contribution in [3.05, 3.63) is 41.1 Å². The summed E-state index contributed by atoms with van der Waals surface area (Å²) in [6.45, 7) is 7.22. The molecular weight excluding hydrogens is 236 g/mol. The molecule has 0 unspecified atom stereocenters. The summed E-state index contributed by atoms with van der Waals surface area (Å²) in [5, 5.41) is 10.9. The van der Waals surface area contributed by atoms with Gasteiger partial charge in [0.05, 0.1) is 8.07 Å². The third-order valence-electron chi connectivity index (χ3n) is 4.23. The van der Waals surface area contributed by atoms with Crippen molar-refractivity contribution >= 4 is 14.1 Å². The standard InChI is InChI=1S/C16H26OSi/c1-4-18(5-2,6-3)16(12-13-17)14-15-10-8-7-9-11-15/h7-11,14,17H,4-6,12-13H2,1-3H3/b16-14+. The highest BCUT2D eigenvalue weighted by atomic mass is 28.3. The Bertz CT molecular complexity index is 358. The average Bonchev–Trinajstić information content (AvgIpc) is 2.43. The van der Waals surface area contributed by atoms with Crippen LogP contribution in [-0.2, 0) is 0 Å². The summed E-state index contributed by atoms with van der Waals surface area (Å²) in [5.74, 6) is 0. The molecule has 1 nitrogen and oxygen atoms in total. The van der Waals surface area contributed by atoms with Gasteiger partial charge in [-0.15, -0.1) is 0 Å². The van der Waals surface area contributed by atoms with Gasteiger partial charge in [0.2, 0.25) is 0 Å². The number of hydrogen-bond donors (Lipinski definition) is 1.